The van der Waals surface area contributed by atoms with Crippen LogP contribution in [0, 0.1) is 5.92 Å². The number of hydrogen-bond acceptors (Lipinski definition) is 3. The minimum absolute atomic E-state index is 0.677. The van der Waals surface area contributed by atoms with E-state index in [1.165, 1.54) is 38.2 Å². The van der Waals surface area contributed by atoms with Crippen LogP contribution in [0.15, 0.2) is 24.4 Å². The molecule has 0 N–H and O–H groups in total. The standard InChI is InChI=1S/C16H25N3/c1-13(2)16-12-18-9-5-7-15(18)11-19(16)10-14-6-3-4-8-17-14/h3-4,6,8,13,15-16H,5,7,9-12H2,1-2H3. The van der Waals surface area contributed by atoms with Crippen molar-refractivity contribution in [1.29, 1.82) is 0 Å². The number of nitrogens with zero attached hydrogens (tertiary/aromatic N) is 3. The van der Waals surface area contributed by atoms with Gasteiger partial charge in [0, 0.05) is 37.9 Å². The van der Waals surface area contributed by atoms with Gasteiger partial charge in [0.2, 0.25) is 0 Å². The Labute approximate surface area is 116 Å². The zero-order valence-corrected chi connectivity index (χ0v) is 12.1. The number of pyridine rings is 1. The highest BCUT2D eigenvalue weighted by molar-refractivity contribution is 5.05. The summed E-state index contributed by atoms with van der Waals surface area (Å²) in [5.41, 5.74) is 1.21. The predicted octanol–water partition coefficient (Wildman–Crippen LogP) is 2.39. The van der Waals surface area contributed by atoms with Crippen LogP contribution in [-0.4, -0.2) is 46.5 Å². The second-order valence-electron chi connectivity index (χ2n) is 6.35. The van der Waals surface area contributed by atoms with E-state index in [1.807, 2.05) is 12.3 Å². The molecule has 1 aromatic heterocycles. The first-order chi connectivity index (χ1) is 9.24. The summed E-state index contributed by atoms with van der Waals surface area (Å²) < 4.78 is 0. The highest BCUT2D eigenvalue weighted by atomic mass is 15.3. The second-order valence-corrected chi connectivity index (χ2v) is 6.35. The van der Waals surface area contributed by atoms with Crippen molar-refractivity contribution in [2.24, 2.45) is 5.92 Å². The van der Waals surface area contributed by atoms with Crippen LogP contribution in [0.5, 0.6) is 0 Å². The summed E-state index contributed by atoms with van der Waals surface area (Å²) in [5.74, 6) is 0.713. The van der Waals surface area contributed by atoms with Crippen LogP contribution in [0.25, 0.3) is 0 Å². The summed E-state index contributed by atoms with van der Waals surface area (Å²) in [6.45, 7) is 9.49. The highest BCUT2D eigenvalue weighted by Crippen LogP contribution is 2.28. The van der Waals surface area contributed by atoms with Crippen molar-refractivity contribution in [1.82, 2.24) is 14.8 Å². The predicted molar refractivity (Wildman–Crippen MR) is 77.9 cm³/mol. The quantitative estimate of drug-likeness (QED) is 0.831. The number of hydrogen-bond donors (Lipinski definition) is 0. The minimum Gasteiger partial charge on any atom is -0.298 e. The van der Waals surface area contributed by atoms with E-state index in [4.69, 9.17) is 0 Å². The Kier molecular flexibility index (Phi) is 3.85. The molecular formula is C16H25N3. The van der Waals surface area contributed by atoms with Gasteiger partial charge >= 0.3 is 0 Å². The second kappa shape index (κ2) is 5.59. The Balaban J connectivity index is 1.73. The first-order valence-electron chi connectivity index (χ1n) is 7.62. The normalized spacial score (nSPS) is 28.8. The monoisotopic (exact) mass is 259 g/mol. The van der Waals surface area contributed by atoms with Gasteiger partial charge in [-0.2, -0.15) is 0 Å². The van der Waals surface area contributed by atoms with Crippen molar-refractivity contribution in [2.45, 2.75) is 45.3 Å². The van der Waals surface area contributed by atoms with Crippen molar-refractivity contribution < 1.29 is 0 Å². The van der Waals surface area contributed by atoms with Crippen LogP contribution < -0.4 is 0 Å². The van der Waals surface area contributed by atoms with Crippen molar-refractivity contribution in [3.8, 4) is 0 Å². The van der Waals surface area contributed by atoms with Gasteiger partial charge < -0.3 is 0 Å². The average Bonchev–Trinajstić information content (AvgIpc) is 2.86. The summed E-state index contributed by atoms with van der Waals surface area (Å²) in [4.78, 5) is 9.87. The van der Waals surface area contributed by atoms with Gasteiger partial charge in [-0.25, -0.2) is 0 Å². The van der Waals surface area contributed by atoms with Crippen LogP contribution in [-0.2, 0) is 6.54 Å². The van der Waals surface area contributed by atoms with Crippen molar-refractivity contribution in [3.05, 3.63) is 30.1 Å². The van der Waals surface area contributed by atoms with Gasteiger partial charge in [-0.15, -0.1) is 0 Å². The van der Waals surface area contributed by atoms with E-state index >= 15 is 0 Å². The molecule has 0 aromatic carbocycles. The molecule has 2 aliphatic rings. The fraction of sp³-hybridized carbons (Fsp3) is 0.688. The summed E-state index contributed by atoms with van der Waals surface area (Å²) in [6.07, 6.45) is 4.67. The van der Waals surface area contributed by atoms with Crippen LogP contribution in [0.4, 0.5) is 0 Å². The minimum atomic E-state index is 0.677. The molecule has 0 spiro atoms. The summed E-state index contributed by atoms with van der Waals surface area (Å²) >= 11 is 0. The Morgan fingerprint density at radius 3 is 2.95 bits per heavy atom. The maximum Gasteiger partial charge on any atom is 0.0544 e. The Morgan fingerprint density at radius 2 is 2.21 bits per heavy atom. The van der Waals surface area contributed by atoms with Gasteiger partial charge in [0.05, 0.1) is 5.69 Å². The van der Waals surface area contributed by atoms with Crippen molar-refractivity contribution in [2.75, 3.05) is 19.6 Å². The molecule has 0 saturated carbocycles. The van der Waals surface area contributed by atoms with Crippen molar-refractivity contribution >= 4 is 0 Å². The Morgan fingerprint density at radius 1 is 1.32 bits per heavy atom. The molecule has 1 aromatic rings. The SMILES string of the molecule is CC(C)C1CN2CCCC2CN1Cc1ccccn1. The van der Waals surface area contributed by atoms with E-state index in [1.54, 1.807) is 0 Å². The molecule has 19 heavy (non-hydrogen) atoms. The fourth-order valence-corrected chi connectivity index (χ4v) is 3.62. The maximum atomic E-state index is 4.50. The Hall–Kier alpha value is -0.930. The number of fused-ring (bicyclic) bond motifs is 1. The maximum absolute atomic E-state index is 4.50. The lowest BCUT2D eigenvalue weighted by molar-refractivity contribution is 0.0231. The molecule has 2 unspecified atom stereocenters. The molecule has 3 heterocycles. The van der Waals surface area contributed by atoms with Gasteiger partial charge in [-0.3, -0.25) is 14.8 Å². The molecule has 0 radical (unpaired) electrons. The first kappa shape index (κ1) is 13.1. The summed E-state index contributed by atoms with van der Waals surface area (Å²) in [6, 6.07) is 7.71. The van der Waals surface area contributed by atoms with E-state index in [0.717, 1.165) is 12.6 Å². The van der Waals surface area contributed by atoms with E-state index < -0.39 is 0 Å². The molecule has 2 aliphatic heterocycles. The summed E-state index contributed by atoms with van der Waals surface area (Å²) in [7, 11) is 0. The topological polar surface area (TPSA) is 19.4 Å². The molecule has 0 bridgehead atoms. The van der Waals surface area contributed by atoms with Gasteiger partial charge in [0.25, 0.3) is 0 Å². The molecule has 104 valence electrons. The van der Waals surface area contributed by atoms with E-state index in [2.05, 4.69) is 40.8 Å². The smallest absolute Gasteiger partial charge is 0.0544 e. The molecule has 3 heteroatoms. The fourth-order valence-electron chi connectivity index (χ4n) is 3.62. The van der Waals surface area contributed by atoms with Crippen molar-refractivity contribution in [3.63, 3.8) is 0 Å². The molecule has 3 nitrogen and oxygen atoms in total. The van der Waals surface area contributed by atoms with Gasteiger partial charge in [-0.05, 0) is 37.4 Å². The largest absolute Gasteiger partial charge is 0.298 e. The van der Waals surface area contributed by atoms with Gasteiger partial charge in [0.1, 0.15) is 0 Å². The molecular weight excluding hydrogens is 234 g/mol. The van der Waals surface area contributed by atoms with Crippen LogP contribution in [0.1, 0.15) is 32.4 Å². The van der Waals surface area contributed by atoms with E-state index in [9.17, 15) is 0 Å². The third-order valence-electron chi connectivity index (χ3n) is 4.70. The molecule has 0 amide bonds. The van der Waals surface area contributed by atoms with Gasteiger partial charge in [-0.1, -0.05) is 19.9 Å². The van der Waals surface area contributed by atoms with Gasteiger partial charge in [0.15, 0.2) is 0 Å². The molecule has 2 fully saturated rings. The first-order valence-corrected chi connectivity index (χ1v) is 7.62. The number of rotatable bonds is 3. The van der Waals surface area contributed by atoms with Crippen LogP contribution in [0.3, 0.4) is 0 Å². The lowest BCUT2D eigenvalue weighted by Gasteiger charge is -2.45. The van der Waals surface area contributed by atoms with Crippen LogP contribution in [0.2, 0.25) is 0 Å². The Bertz CT molecular complexity index is 404. The van der Waals surface area contributed by atoms with E-state index in [0.29, 0.717) is 12.0 Å². The third kappa shape index (κ3) is 2.82. The molecule has 3 rings (SSSR count). The highest BCUT2D eigenvalue weighted by Gasteiger charge is 2.37. The molecule has 0 aliphatic carbocycles. The number of piperazine rings is 1. The summed E-state index contributed by atoms with van der Waals surface area (Å²) in [5, 5.41) is 0. The average molecular weight is 259 g/mol. The zero-order valence-electron chi connectivity index (χ0n) is 12.1. The molecule has 2 saturated heterocycles. The van der Waals surface area contributed by atoms with E-state index in [-0.39, 0.29) is 0 Å². The lowest BCUT2D eigenvalue weighted by atomic mass is 9.97. The van der Waals surface area contributed by atoms with Crippen LogP contribution >= 0.6 is 0 Å². The number of aromatic nitrogens is 1. The lowest BCUT2D eigenvalue weighted by Crippen LogP contribution is -2.57. The zero-order chi connectivity index (χ0) is 13.2. The third-order valence-corrected chi connectivity index (χ3v) is 4.70. The molecule has 2 atom stereocenters.